The maximum atomic E-state index is 13.5. The summed E-state index contributed by atoms with van der Waals surface area (Å²) in [6.07, 6.45) is 30.9. The zero-order valence-electron chi connectivity index (χ0n) is 36.9. The van der Waals surface area contributed by atoms with Crippen molar-refractivity contribution < 1.29 is 24.2 Å². The number of aliphatic hydroxyl groups is 1. The number of hydrogen-bond acceptors (Lipinski definition) is 7. The second-order valence-electron chi connectivity index (χ2n) is 15.9. The van der Waals surface area contributed by atoms with E-state index in [0.29, 0.717) is 38.8 Å². The molecular weight excluding hydrogens is 693 g/mol. The molecular formula is C46H92N2O5S. The Labute approximate surface area is 340 Å². The second-order valence-corrected chi connectivity index (χ2v) is 16.9. The van der Waals surface area contributed by atoms with Gasteiger partial charge in [-0.1, -0.05) is 169 Å². The lowest BCUT2D eigenvalue weighted by Crippen LogP contribution is -2.32. The SMILES string of the molecule is CCCCCCCC(CCCCCCC)OC(=O)CCCN(CCCC(O)OC(CCCCCCC)CCCCCCC)C(=O)SCCCN(CC)CC. The van der Waals surface area contributed by atoms with E-state index in [-0.39, 0.29) is 23.4 Å². The van der Waals surface area contributed by atoms with Gasteiger partial charge in [0.15, 0.2) is 6.29 Å². The Bertz CT molecular complexity index is 786. The van der Waals surface area contributed by atoms with Gasteiger partial charge in [-0.05, 0) is 83.8 Å². The number of esters is 1. The molecule has 0 fully saturated rings. The molecule has 1 atom stereocenters. The third-order valence-corrected chi connectivity index (χ3v) is 11.8. The zero-order valence-corrected chi connectivity index (χ0v) is 37.7. The summed E-state index contributed by atoms with van der Waals surface area (Å²) in [5.41, 5.74) is 0. The van der Waals surface area contributed by atoms with Crippen LogP contribution in [0.4, 0.5) is 4.79 Å². The zero-order chi connectivity index (χ0) is 39.9. The van der Waals surface area contributed by atoms with Gasteiger partial charge in [-0.15, -0.1) is 0 Å². The Morgan fingerprint density at radius 2 is 0.963 bits per heavy atom. The summed E-state index contributed by atoms with van der Waals surface area (Å²) >= 11 is 1.40. The number of aliphatic hydroxyl groups excluding tert-OH is 1. The van der Waals surface area contributed by atoms with E-state index < -0.39 is 6.29 Å². The highest BCUT2D eigenvalue weighted by molar-refractivity contribution is 8.13. The molecule has 0 heterocycles. The van der Waals surface area contributed by atoms with Crippen LogP contribution in [-0.2, 0) is 14.3 Å². The first-order chi connectivity index (χ1) is 26.3. The predicted molar refractivity (Wildman–Crippen MR) is 235 cm³/mol. The monoisotopic (exact) mass is 785 g/mol. The van der Waals surface area contributed by atoms with E-state index >= 15 is 0 Å². The van der Waals surface area contributed by atoms with Crippen molar-refractivity contribution in [3.05, 3.63) is 0 Å². The van der Waals surface area contributed by atoms with Crippen molar-refractivity contribution in [3.8, 4) is 0 Å². The minimum atomic E-state index is -0.809. The molecule has 1 N–H and O–H groups in total. The van der Waals surface area contributed by atoms with Crippen LogP contribution < -0.4 is 0 Å². The van der Waals surface area contributed by atoms with E-state index in [1.54, 1.807) is 0 Å². The Balaban J connectivity index is 5.17. The van der Waals surface area contributed by atoms with Crippen molar-refractivity contribution in [2.45, 2.75) is 246 Å². The highest BCUT2D eigenvalue weighted by Crippen LogP contribution is 2.21. The molecule has 322 valence electrons. The van der Waals surface area contributed by atoms with E-state index in [9.17, 15) is 14.7 Å². The van der Waals surface area contributed by atoms with Gasteiger partial charge < -0.3 is 24.4 Å². The summed E-state index contributed by atoms with van der Waals surface area (Å²) in [5, 5.41) is 11.0. The Morgan fingerprint density at radius 1 is 0.519 bits per heavy atom. The van der Waals surface area contributed by atoms with Gasteiger partial charge in [-0.3, -0.25) is 9.59 Å². The van der Waals surface area contributed by atoms with Crippen molar-refractivity contribution in [1.29, 1.82) is 0 Å². The first kappa shape index (κ1) is 53.2. The molecule has 0 rings (SSSR count). The lowest BCUT2D eigenvalue weighted by Gasteiger charge is -2.25. The van der Waals surface area contributed by atoms with E-state index in [2.05, 4.69) is 46.4 Å². The second kappa shape index (κ2) is 40.4. The first-order valence-corrected chi connectivity index (χ1v) is 24.5. The van der Waals surface area contributed by atoms with Crippen molar-refractivity contribution in [2.75, 3.05) is 38.5 Å². The average Bonchev–Trinajstić information content (AvgIpc) is 3.16. The Morgan fingerprint density at radius 3 is 1.43 bits per heavy atom. The summed E-state index contributed by atoms with van der Waals surface area (Å²) in [7, 11) is 0. The van der Waals surface area contributed by atoms with Crippen LogP contribution >= 0.6 is 11.8 Å². The number of thioether (sulfide) groups is 1. The standard InChI is InChI=1S/C46H92N2O5S/c1-7-13-17-21-25-32-42(33-26-22-18-14-8-2)52-44(49)36-29-39-48(46(51)54-41-31-38-47(11-5)12-6)40-30-37-45(50)53-43(34-27-23-19-15-9-3)35-28-24-20-16-10-4/h42-44,49H,7-41H2,1-6H3. The van der Waals surface area contributed by atoms with Crippen molar-refractivity contribution in [1.82, 2.24) is 9.80 Å². The Hall–Kier alpha value is -0.830. The molecule has 0 radical (unpaired) electrons. The van der Waals surface area contributed by atoms with Gasteiger partial charge in [0.05, 0.1) is 6.10 Å². The fourth-order valence-electron chi connectivity index (χ4n) is 7.22. The molecule has 1 unspecified atom stereocenters. The number of hydrogen-bond donors (Lipinski definition) is 1. The van der Waals surface area contributed by atoms with E-state index in [1.807, 2.05) is 4.90 Å². The summed E-state index contributed by atoms with van der Waals surface area (Å²) in [4.78, 5) is 30.8. The lowest BCUT2D eigenvalue weighted by atomic mass is 10.0. The first-order valence-electron chi connectivity index (χ1n) is 23.5. The fraction of sp³-hybridized carbons (Fsp3) is 0.957. The van der Waals surface area contributed by atoms with Crippen molar-refractivity contribution in [3.63, 3.8) is 0 Å². The number of ether oxygens (including phenoxy) is 2. The molecule has 0 saturated carbocycles. The van der Waals surface area contributed by atoms with Crippen LogP contribution in [0.5, 0.6) is 0 Å². The van der Waals surface area contributed by atoms with Crippen molar-refractivity contribution >= 4 is 23.0 Å². The lowest BCUT2D eigenvalue weighted by molar-refractivity contribution is -0.150. The predicted octanol–water partition coefficient (Wildman–Crippen LogP) is 13.5. The summed E-state index contributed by atoms with van der Waals surface area (Å²) in [6, 6.07) is 0. The molecule has 0 aromatic carbocycles. The molecule has 0 aliphatic carbocycles. The number of rotatable bonds is 41. The Kier molecular flexibility index (Phi) is 39.7. The average molecular weight is 785 g/mol. The maximum Gasteiger partial charge on any atom is 0.306 e. The van der Waals surface area contributed by atoms with Crippen molar-refractivity contribution in [2.24, 2.45) is 0 Å². The van der Waals surface area contributed by atoms with Gasteiger partial charge in [0.2, 0.25) is 0 Å². The van der Waals surface area contributed by atoms with E-state index in [1.165, 1.54) is 114 Å². The molecule has 54 heavy (non-hydrogen) atoms. The highest BCUT2D eigenvalue weighted by Gasteiger charge is 2.19. The summed E-state index contributed by atoms with van der Waals surface area (Å²) in [5.74, 6) is 0.663. The van der Waals surface area contributed by atoms with Gasteiger partial charge in [0.25, 0.3) is 5.24 Å². The summed E-state index contributed by atoms with van der Waals surface area (Å²) in [6.45, 7) is 17.5. The molecule has 8 heteroatoms. The molecule has 0 aromatic heterocycles. The number of amides is 1. The number of carbonyl (C=O) groups is 2. The third kappa shape index (κ3) is 33.3. The topological polar surface area (TPSA) is 79.3 Å². The van der Waals surface area contributed by atoms with Gasteiger partial charge in [0, 0.05) is 25.3 Å². The molecule has 1 amide bonds. The quantitative estimate of drug-likeness (QED) is 0.0376. The molecule has 7 nitrogen and oxygen atoms in total. The van der Waals surface area contributed by atoms with Crippen LogP contribution in [0.25, 0.3) is 0 Å². The fourth-order valence-corrected chi connectivity index (χ4v) is 8.04. The van der Waals surface area contributed by atoms with Crippen LogP contribution in [0.1, 0.15) is 228 Å². The highest BCUT2D eigenvalue weighted by atomic mass is 32.2. The minimum Gasteiger partial charge on any atom is -0.462 e. The number of unbranched alkanes of at least 4 members (excludes halogenated alkanes) is 16. The molecule has 0 aromatic rings. The summed E-state index contributed by atoms with van der Waals surface area (Å²) < 4.78 is 12.3. The van der Waals surface area contributed by atoms with Crippen LogP contribution in [-0.4, -0.2) is 83.1 Å². The van der Waals surface area contributed by atoms with E-state index in [0.717, 1.165) is 83.2 Å². The maximum absolute atomic E-state index is 13.5. The van der Waals surface area contributed by atoms with Gasteiger partial charge in [-0.2, -0.15) is 0 Å². The van der Waals surface area contributed by atoms with Crippen LogP contribution in [0.3, 0.4) is 0 Å². The smallest absolute Gasteiger partial charge is 0.306 e. The van der Waals surface area contributed by atoms with Crippen LogP contribution in [0.2, 0.25) is 0 Å². The van der Waals surface area contributed by atoms with Gasteiger partial charge >= 0.3 is 5.97 Å². The molecule has 0 saturated heterocycles. The largest absolute Gasteiger partial charge is 0.462 e. The molecule has 0 aliphatic heterocycles. The normalized spacial score (nSPS) is 12.3. The van der Waals surface area contributed by atoms with Crippen LogP contribution in [0, 0.1) is 0 Å². The van der Waals surface area contributed by atoms with Gasteiger partial charge in [0.1, 0.15) is 6.10 Å². The molecule has 0 aliphatic rings. The van der Waals surface area contributed by atoms with Crippen LogP contribution in [0.15, 0.2) is 0 Å². The van der Waals surface area contributed by atoms with E-state index in [4.69, 9.17) is 9.47 Å². The van der Waals surface area contributed by atoms with Gasteiger partial charge in [-0.25, -0.2) is 0 Å². The number of nitrogens with zero attached hydrogens (tertiary/aromatic N) is 2. The molecule has 0 bridgehead atoms. The number of carbonyl (C=O) groups excluding carboxylic acids is 2. The minimum absolute atomic E-state index is 0.0119. The molecule has 0 spiro atoms. The third-order valence-electron chi connectivity index (χ3n) is 10.9.